The lowest BCUT2D eigenvalue weighted by atomic mass is 9.96. The van der Waals surface area contributed by atoms with Gasteiger partial charge in [-0.2, -0.15) is 0 Å². The van der Waals surface area contributed by atoms with Crippen molar-refractivity contribution < 1.29 is 8.78 Å². The number of nitrogens with zero attached hydrogens (tertiary/aromatic N) is 1. The van der Waals surface area contributed by atoms with Crippen LogP contribution < -0.4 is 5.32 Å². The van der Waals surface area contributed by atoms with Crippen LogP contribution in [0, 0.1) is 0 Å². The highest BCUT2D eigenvalue weighted by molar-refractivity contribution is 4.85. The zero-order chi connectivity index (χ0) is 12.0. The van der Waals surface area contributed by atoms with E-state index in [1.165, 1.54) is 6.42 Å². The largest absolute Gasteiger partial charge is 0.313 e. The molecule has 2 nitrogen and oxygen atoms in total. The van der Waals surface area contributed by atoms with Crippen LogP contribution >= 0.6 is 0 Å². The minimum absolute atomic E-state index is 0.0667. The quantitative estimate of drug-likeness (QED) is 0.759. The van der Waals surface area contributed by atoms with Gasteiger partial charge < -0.3 is 5.32 Å². The monoisotopic (exact) mass is 234 g/mol. The number of alkyl halides is 2. The first-order valence-electron chi connectivity index (χ1n) is 6.40. The fraction of sp³-hybridized carbons (Fsp3) is 1.00. The zero-order valence-corrected chi connectivity index (χ0v) is 10.4. The average molecular weight is 234 g/mol. The summed E-state index contributed by atoms with van der Waals surface area (Å²) in [5.41, 5.74) is 0. The van der Waals surface area contributed by atoms with Crippen molar-refractivity contribution in [2.24, 2.45) is 0 Å². The molecule has 2 unspecified atom stereocenters. The Bertz CT molecular complexity index is 188. The highest BCUT2D eigenvalue weighted by Crippen LogP contribution is 2.20. The number of piperidine rings is 1. The molecule has 0 radical (unpaired) electrons. The number of hydrogen-bond donors (Lipinski definition) is 1. The number of rotatable bonds is 6. The van der Waals surface area contributed by atoms with Crippen LogP contribution in [0.3, 0.4) is 0 Å². The van der Waals surface area contributed by atoms with Crippen molar-refractivity contribution in [2.75, 3.05) is 19.6 Å². The summed E-state index contributed by atoms with van der Waals surface area (Å²) in [5.74, 6) is 0. The first kappa shape index (κ1) is 13.8. The van der Waals surface area contributed by atoms with Gasteiger partial charge in [0.15, 0.2) is 0 Å². The summed E-state index contributed by atoms with van der Waals surface area (Å²) in [6, 6.07) is 0.605. The molecule has 1 aliphatic heterocycles. The molecule has 0 aromatic rings. The van der Waals surface area contributed by atoms with E-state index in [0.717, 1.165) is 32.4 Å². The topological polar surface area (TPSA) is 15.3 Å². The molecule has 16 heavy (non-hydrogen) atoms. The molecule has 0 aromatic carbocycles. The number of likely N-dealkylation sites (tertiary alicyclic amines) is 1. The Hall–Kier alpha value is -0.220. The smallest absolute Gasteiger partial charge is 0.251 e. The van der Waals surface area contributed by atoms with Gasteiger partial charge in [-0.25, -0.2) is 8.78 Å². The Kier molecular flexibility index (Phi) is 6.21. The molecule has 1 fully saturated rings. The van der Waals surface area contributed by atoms with Crippen molar-refractivity contribution in [3.05, 3.63) is 0 Å². The van der Waals surface area contributed by atoms with Crippen molar-refractivity contribution in [1.29, 1.82) is 0 Å². The second-order valence-corrected chi connectivity index (χ2v) is 4.69. The van der Waals surface area contributed by atoms with Crippen LogP contribution in [0.2, 0.25) is 0 Å². The van der Waals surface area contributed by atoms with Gasteiger partial charge in [0.05, 0.1) is 6.54 Å². The van der Waals surface area contributed by atoms with E-state index in [-0.39, 0.29) is 12.6 Å². The van der Waals surface area contributed by atoms with Crippen LogP contribution in [0.4, 0.5) is 8.78 Å². The Morgan fingerprint density at radius 3 is 2.75 bits per heavy atom. The lowest BCUT2D eigenvalue weighted by Gasteiger charge is -2.39. The summed E-state index contributed by atoms with van der Waals surface area (Å²) >= 11 is 0. The van der Waals surface area contributed by atoms with E-state index >= 15 is 0 Å². The minimum Gasteiger partial charge on any atom is -0.313 e. The second kappa shape index (κ2) is 7.17. The average Bonchev–Trinajstić information content (AvgIpc) is 2.26. The molecule has 1 heterocycles. The summed E-state index contributed by atoms with van der Waals surface area (Å²) in [4.78, 5) is 1.96. The highest BCUT2D eigenvalue weighted by atomic mass is 19.3. The van der Waals surface area contributed by atoms with Gasteiger partial charge in [0.2, 0.25) is 0 Å². The third kappa shape index (κ3) is 4.34. The molecule has 0 aliphatic carbocycles. The fourth-order valence-corrected chi connectivity index (χ4v) is 2.49. The summed E-state index contributed by atoms with van der Waals surface area (Å²) in [6.45, 7) is 5.97. The van der Waals surface area contributed by atoms with Gasteiger partial charge in [0, 0.05) is 12.1 Å². The van der Waals surface area contributed by atoms with E-state index in [9.17, 15) is 8.78 Å². The first-order chi connectivity index (χ1) is 7.65. The molecule has 0 aromatic heterocycles. The molecule has 1 saturated heterocycles. The molecule has 0 amide bonds. The maximum absolute atomic E-state index is 12.4. The Morgan fingerprint density at radius 1 is 1.38 bits per heavy atom. The van der Waals surface area contributed by atoms with Gasteiger partial charge >= 0.3 is 0 Å². The molecule has 1 aliphatic rings. The Morgan fingerprint density at radius 2 is 2.12 bits per heavy atom. The minimum atomic E-state index is -2.21. The van der Waals surface area contributed by atoms with Crippen LogP contribution in [0.15, 0.2) is 0 Å². The molecule has 1 rings (SSSR count). The van der Waals surface area contributed by atoms with Crippen molar-refractivity contribution in [3.63, 3.8) is 0 Å². The number of halogens is 2. The zero-order valence-electron chi connectivity index (χ0n) is 10.4. The summed E-state index contributed by atoms with van der Waals surface area (Å²) in [5, 5.41) is 3.42. The molecule has 0 bridgehead atoms. The number of nitrogens with one attached hydrogen (secondary N) is 1. The maximum Gasteiger partial charge on any atom is 0.251 e. The van der Waals surface area contributed by atoms with Crippen LogP contribution in [0.5, 0.6) is 0 Å². The van der Waals surface area contributed by atoms with E-state index in [2.05, 4.69) is 19.2 Å². The van der Waals surface area contributed by atoms with Gasteiger partial charge in [0.1, 0.15) is 0 Å². The Labute approximate surface area is 97.4 Å². The molecule has 0 saturated carbocycles. The second-order valence-electron chi connectivity index (χ2n) is 4.69. The normalized spacial score (nSPS) is 24.9. The van der Waals surface area contributed by atoms with Crippen molar-refractivity contribution >= 4 is 0 Å². The molecule has 96 valence electrons. The van der Waals surface area contributed by atoms with Gasteiger partial charge in [-0.15, -0.1) is 0 Å². The standard InChI is InChI=1S/C12H24F2N2/c1-3-7-15-10(2)11-6-4-5-8-16(11)9-12(13)14/h10-12,15H,3-9H2,1-2H3. The van der Waals surface area contributed by atoms with E-state index in [1.807, 2.05) is 4.90 Å². The molecule has 0 spiro atoms. The summed E-state index contributed by atoms with van der Waals surface area (Å²) in [6.07, 6.45) is 2.15. The predicted octanol–water partition coefficient (Wildman–Crippen LogP) is 2.49. The van der Waals surface area contributed by atoms with Gasteiger partial charge in [0.25, 0.3) is 6.43 Å². The van der Waals surface area contributed by atoms with Crippen LogP contribution in [0.1, 0.15) is 39.5 Å². The first-order valence-corrected chi connectivity index (χ1v) is 6.40. The van der Waals surface area contributed by atoms with Crippen LogP contribution in [0.25, 0.3) is 0 Å². The third-order valence-corrected chi connectivity index (χ3v) is 3.33. The van der Waals surface area contributed by atoms with Crippen LogP contribution in [-0.2, 0) is 0 Å². The van der Waals surface area contributed by atoms with E-state index < -0.39 is 6.43 Å². The molecule has 2 atom stereocenters. The fourth-order valence-electron chi connectivity index (χ4n) is 2.49. The molecule has 4 heteroatoms. The predicted molar refractivity (Wildman–Crippen MR) is 63.0 cm³/mol. The van der Waals surface area contributed by atoms with Crippen molar-refractivity contribution in [3.8, 4) is 0 Å². The number of hydrogen-bond acceptors (Lipinski definition) is 2. The van der Waals surface area contributed by atoms with Crippen molar-refractivity contribution in [1.82, 2.24) is 10.2 Å². The van der Waals surface area contributed by atoms with Gasteiger partial charge in [-0.3, -0.25) is 4.90 Å². The molecular formula is C12H24F2N2. The lowest BCUT2D eigenvalue weighted by Crippen LogP contribution is -2.52. The van der Waals surface area contributed by atoms with Gasteiger partial charge in [-0.05, 0) is 39.3 Å². The van der Waals surface area contributed by atoms with Crippen molar-refractivity contribution in [2.45, 2.75) is 58.0 Å². The molecular weight excluding hydrogens is 210 g/mol. The lowest BCUT2D eigenvalue weighted by molar-refractivity contribution is 0.0386. The highest BCUT2D eigenvalue weighted by Gasteiger charge is 2.28. The maximum atomic E-state index is 12.4. The summed E-state index contributed by atoms with van der Waals surface area (Å²) < 4.78 is 24.9. The SMILES string of the molecule is CCCNC(C)C1CCCCN1CC(F)F. The van der Waals surface area contributed by atoms with E-state index in [1.54, 1.807) is 0 Å². The van der Waals surface area contributed by atoms with E-state index in [4.69, 9.17) is 0 Å². The van der Waals surface area contributed by atoms with Gasteiger partial charge in [-0.1, -0.05) is 13.3 Å². The summed E-state index contributed by atoms with van der Waals surface area (Å²) in [7, 11) is 0. The third-order valence-electron chi connectivity index (χ3n) is 3.33. The van der Waals surface area contributed by atoms with Crippen LogP contribution in [-0.4, -0.2) is 43.0 Å². The van der Waals surface area contributed by atoms with E-state index in [0.29, 0.717) is 6.04 Å². The molecule has 1 N–H and O–H groups in total. The Balaban J connectivity index is 2.45.